The molecule has 1 heterocycles. The Hall–Kier alpha value is -0.610. The van der Waals surface area contributed by atoms with Crippen LogP contribution in [0.4, 0.5) is 0 Å². The van der Waals surface area contributed by atoms with Crippen LogP contribution in [-0.4, -0.2) is 54.0 Å². The highest BCUT2D eigenvalue weighted by atomic mass is 16.2. The Bertz CT molecular complexity index is 253. The van der Waals surface area contributed by atoms with Crippen LogP contribution in [0.15, 0.2) is 0 Å². The summed E-state index contributed by atoms with van der Waals surface area (Å²) in [6, 6.07) is 0.971. The van der Waals surface area contributed by atoms with Crippen LogP contribution in [0.3, 0.4) is 0 Å². The van der Waals surface area contributed by atoms with Gasteiger partial charge in [-0.05, 0) is 39.2 Å². The predicted octanol–water partition coefficient (Wildman–Crippen LogP) is 0.420. The van der Waals surface area contributed by atoms with E-state index in [1.54, 1.807) is 0 Å². The molecule has 1 saturated carbocycles. The fraction of sp³-hybridized carbons (Fsp3) is 0.917. The van der Waals surface area contributed by atoms with Gasteiger partial charge in [-0.25, -0.2) is 0 Å². The third-order valence-electron chi connectivity index (χ3n) is 3.76. The van der Waals surface area contributed by atoms with Crippen LogP contribution in [0.1, 0.15) is 32.6 Å². The summed E-state index contributed by atoms with van der Waals surface area (Å²) in [6.45, 7) is 5.22. The highest BCUT2D eigenvalue weighted by Crippen LogP contribution is 2.27. The molecule has 2 N–H and O–H groups in total. The lowest BCUT2D eigenvalue weighted by molar-refractivity contribution is -0.133. The van der Waals surface area contributed by atoms with E-state index in [1.807, 2.05) is 4.90 Å². The van der Waals surface area contributed by atoms with E-state index in [4.69, 9.17) is 5.73 Å². The van der Waals surface area contributed by atoms with E-state index >= 15 is 0 Å². The number of hydrogen-bond donors (Lipinski definition) is 1. The molecule has 0 aromatic rings. The van der Waals surface area contributed by atoms with Crippen LogP contribution in [0, 0.1) is 0 Å². The van der Waals surface area contributed by atoms with E-state index < -0.39 is 0 Å². The monoisotopic (exact) mass is 225 g/mol. The molecule has 92 valence electrons. The molecule has 4 heteroatoms. The second-order valence-electron chi connectivity index (χ2n) is 4.91. The second-order valence-corrected chi connectivity index (χ2v) is 4.91. The van der Waals surface area contributed by atoms with E-state index in [1.165, 1.54) is 19.3 Å². The Kier molecular flexibility index (Phi) is 3.82. The molecule has 0 bridgehead atoms. The minimum Gasteiger partial charge on any atom is -0.339 e. The maximum absolute atomic E-state index is 12.1. The summed E-state index contributed by atoms with van der Waals surface area (Å²) >= 11 is 0. The third kappa shape index (κ3) is 2.55. The first-order valence-electron chi connectivity index (χ1n) is 6.49. The van der Waals surface area contributed by atoms with Gasteiger partial charge in [0.2, 0.25) is 5.91 Å². The minimum absolute atomic E-state index is 0.297. The molecule has 1 aliphatic carbocycles. The Balaban J connectivity index is 1.85. The van der Waals surface area contributed by atoms with Gasteiger partial charge in [0.05, 0.1) is 6.54 Å². The fourth-order valence-corrected chi connectivity index (χ4v) is 2.66. The number of hydrogen-bond acceptors (Lipinski definition) is 3. The zero-order valence-electron chi connectivity index (χ0n) is 10.2. The van der Waals surface area contributed by atoms with Crippen LogP contribution in [0.5, 0.6) is 0 Å². The van der Waals surface area contributed by atoms with Gasteiger partial charge in [0.15, 0.2) is 0 Å². The number of amides is 1. The molecule has 1 saturated heterocycles. The summed E-state index contributed by atoms with van der Waals surface area (Å²) in [5.74, 6) is 0.297. The average molecular weight is 225 g/mol. The second kappa shape index (κ2) is 5.15. The zero-order chi connectivity index (χ0) is 11.5. The number of nitrogens with two attached hydrogens (primary N) is 1. The molecule has 1 unspecified atom stereocenters. The lowest BCUT2D eigenvalue weighted by Crippen LogP contribution is -2.45. The molecular formula is C12H23N3O. The molecule has 0 spiro atoms. The van der Waals surface area contributed by atoms with Crippen molar-refractivity contribution in [2.75, 3.05) is 26.2 Å². The number of carbonyl (C=O) groups is 1. The summed E-state index contributed by atoms with van der Waals surface area (Å²) in [6.07, 6.45) is 4.73. The van der Waals surface area contributed by atoms with E-state index in [0.29, 0.717) is 31.1 Å². The van der Waals surface area contributed by atoms with Crippen molar-refractivity contribution in [3.63, 3.8) is 0 Å². The van der Waals surface area contributed by atoms with Gasteiger partial charge in [-0.15, -0.1) is 0 Å². The Morgan fingerprint density at radius 2 is 2.19 bits per heavy atom. The molecule has 2 rings (SSSR count). The smallest absolute Gasteiger partial charge is 0.236 e. The largest absolute Gasteiger partial charge is 0.339 e. The average Bonchev–Trinajstić information content (AvgIpc) is 3.00. The van der Waals surface area contributed by atoms with Crippen LogP contribution < -0.4 is 5.73 Å². The summed E-state index contributed by atoms with van der Waals surface area (Å²) in [4.78, 5) is 16.4. The zero-order valence-corrected chi connectivity index (χ0v) is 10.2. The SMILES string of the molecule is CCN(C(=O)CN1CCCC1CN)C1CC1. The Morgan fingerprint density at radius 3 is 2.75 bits per heavy atom. The van der Waals surface area contributed by atoms with E-state index in [-0.39, 0.29) is 0 Å². The van der Waals surface area contributed by atoms with Gasteiger partial charge < -0.3 is 10.6 Å². The number of nitrogens with zero attached hydrogens (tertiary/aromatic N) is 2. The van der Waals surface area contributed by atoms with Gasteiger partial charge in [-0.3, -0.25) is 9.69 Å². The van der Waals surface area contributed by atoms with Crippen LogP contribution >= 0.6 is 0 Å². The van der Waals surface area contributed by atoms with Crippen molar-refractivity contribution in [1.82, 2.24) is 9.80 Å². The van der Waals surface area contributed by atoms with E-state index in [0.717, 1.165) is 19.5 Å². The molecular weight excluding hydrogens is 202 g/mol. The van der Waals surface area contributed by atoms with Crippen LogP contribution in [0.2, 0.25) is 0 Å². The Labute approximate surface area is 97.8 Å². The summed E-state index contributed by atoms with van der Waals surface area (Å²) < 4.78 is 0. The maximum atomic E-state index is 12.1. The standard InChI is InChI=1S/C12H23N3O/c1-2-15(10-5-6-10)12(16)9-14-7-3-4-11(14)8-13/h10-11H,2-9,13H2,1H3. The van der Waals surface area contributed by atoms with Gasteiger partial charge in [0.1, 0.15) is 0 Å². The van der Waals surface area contributed by atoms with Crippen molar-refractivity contribution < 1.29 is 4.79 Å². The van der Waals surface area contributed by atoms with E-state index in [9.17, 15) is 4.79 Å². The van der Waals surface area contributed by atoms with Crippen molar-refractivity contribution in [2.24, 2.45) is 5.73 Å². The van der Waals surface area contributed by atoms with Crippen LogP contribution in [0.25, 0.3) is 0 Å². The topological polar surface area (TPSA) is 49.6 Å². The number of rotatable bonds is 5. The number of likely N-dealkylation sites (tertiary alicyclic amines) is 1. The van der Waals surface area contributed by atoms with Crippen molar-refractivity contribution in [2.45, 2.75) is 44.7 Å². The highest BCUT2D eigenvalue weighted by Gasteiger charge is 2.33. The molecule has 1 amide bonds. The van der Waals surface area contributed by atoms with Gasteiger partial charge in [0, 0.05) is 25.2 Å². The van der Waals surface area contributed by atoms with Gasteiger partial charge in [-0.2, -0.15) is 0 Å². The third-order valence-corrected chi connectivity index (χ3v) is 3.76. The summed E-state index contributed by atoms with van der Waals surface area (Å²) in [7, 11) is 0. The first-order valence-corrected chi connectivity index (χ1v) is 6.49. The van der Waals surface area contributed by atoms with Gasteiger partial charge in [-0.1, -0.05) is 0 Å². The molecule has 1 aliphatic heterocycles. The normalized spacial score (nSPS) is 26.0. The Morgan fingerprint density at radius 1 is 1.44 bits per heavy atom. The quantitative estimate of drug-likeness (QED) is 0.738. The summed E-state index contributed by atoms with van der Waals surface area (Å²) in [5.41, 5.74) is 5.71. The minimum atomic E-state index is 0.297. The van der Waals surface area contributed by atoms with Crippen LogP contribution in [-0.2, 0) is 4.79 Å². The lowest BCUT2D eigenvalue weighted by Gasteiger charge is -2.27. The molecule has 0 radical (unpaired) electrons. The maximum Gasteiger partial charge on any atom is 0.236 e. The van der Waals surface area contributed by atoms with Gasteiger partial charge in [0.25, 0.3) is 0 Å². The predicted molar refractivity (Wildman–Crippen MR) is 64.1 cm³/mol. The van der Waals surface area contributed by atoms with E-state index in [2.05, 4.69) is 11.8 Å². The lowest BCUT2D eigenvalue weighted by atomic mass is 10.2. The molecule has 2 fully saturated rings. The number of likely N-dealkylation sites (N-methyl/N-ethyl adjacent to an activating group) is 1. The molecule has 2 aliphatic rings. The van der Waals surface area contributed by atoms with Crippen molar-refractivity contribution in [3.8, 4) is 0 Å². The first-order chi connectivity index (χ1) is 7.76. The van der Waals surface area contributed by atoms with Crippen molar-refractivity contribution >= 4 is 5.91 Å². The summed E-state index contributed by atoms with van der Waals surface area (Å²) in [5, 5.41) is 0. The molecule has 16 heavy (non-hydrogen) atoms. The molecule has 1 atom stereocenters. The van der Waals surface area contributed by atoms with Gasteiger partial charge >= 0.3 is 0 Å². The van der Waals surface area contributed by atoms with Crippen molar-refractivity contribution in [1.29, 1.82) is 0 Å². The fourth-order valence-electron chi connectivity index (χ4n) is 2.66. The first kappa shape index (κ1) is 11.9. The van der Waals surface area contributed by atoms with Crippen molar-refractivity contribution in [3.05, 3.63) is 0 Å². The molecule has 4 nitrogen and oxygen atoms in total. The number of carbonyl (C=O) groups excluding carboxylic acids is 1. The molecule has 0 aromatic heterocycles. The molecule has 0 aromatic carbocycles. The highest BCUT2D eigenvalue weighted by molar-refractivity contribution is 5.79.